The van der Waals surface area contributed by atoms with Gasteiger partial charge in [-0.05, 0) is 39.0 Å². The molecule has 3 nitrogen and oxygen atoms in total. The van der Waals surface area contributed by atoms with E-state index in [-0.39, 0.29) is 5.54 Å². The number of hydrogen-bond acceptors (Lipinski definition) is 3. The first-order valence-corrected chi connectivity index (χ1v) is 7.38. The highest BCUT2D eigenvalue weighted by Crippen LogP contribution is 2.18. The average molecular weight is 305 g/mol. The van der Waals surface area contributed by atoms with Crippen molar-refractivity contribution in [1.29, 1.82) is 0 Å². The molecule has 1 aromatic carbocycles. The van der Waals surface area contributed by atoms with Crippen molar-refractivity contribution >= 4 is 11.6 Å². The van der Waals surface area contributed by atoms with Gasteiger partial charge < -0.3 is 10.1 Å². The van der Waals surface area contributed by atoms with Gasteiger partial charge in [0.25, 0.3) is 0 Å². The minimum atomic E-state index is 0.0842. The van der Waals surface area contributed by atoms with E-state index in [0.29, 0.717) is 6.61 Å². The van der Waals surface area contributed by atoms with Crippen LogP contribution >= 0.6 is 11.6 Å². The summed E-state index contributed by atoms with van der Waals surface area (Å²) in [4.78, 5) is 4.40. The van der Waals surface area contributed by atoms with E-state index in [9.17, 15) is 0 Å². The summed E-state index contributed by atoms with van der Waals surface area (Å²) in [5.74, 6) is 0.745. The number of halogens is 1. The Morgan fingerprint density at radius 3 is 2.52 bits per heavy atom. The normalized spacial score (nSPS) is 11.4. The van der Waals surface area contributed by atoms with Gasteiger partial charge in [0.05, 0.1) is 11.9 Å². The predicted octanol–water partition coefficient (Wildman–Crippen LogP) is 4.20. The molecule has 0 atom stereocenters. The summed E-state index contributed by atoms with van der Waals surface area (Å²) in [6.45, 7) is 7.59. The van der Waals surface area contributed by atoms with E-state index in [2.05, 4.69) is 31.1 Å². The first kappa shape index (κ1) is 15.8. The second kappa shape index (κ2) is 6.92. The summed E-state index contributed by atoms with van der Waals surface area (Å²) in [7, 11) is 0. The van der Waals surface area contributed by atoms with E-state index in [4.69, 9.17) is 16.3 Å². The van der Waals surface area contributed by atoms with Crippen LogP contribution in [0.25, 0.3) is 0 Å². The molecule has 0 aliphatic carbocycles. The molecule has 1 heterocycles. The molecule has 2 aromatic rings. The van der Waals surface area contributed by atoms with Gasteiger partial charge in [0, 0.05) is 22.7 Å². The summed E-state index contributed by atoms with van der Waals surface area (Å²) in [6.07, 6.45) is 1.75. The van der Waals surface area contributed by atoms with Gasteiger partial charge in [0.2, 0.25) is 0 Å². The van der Waals surface area contributed by atoms with Crippen LogP contribution in [0.15, 0.2) is 42.6 Å². The molecule has 0 saturated heterocycles. The maximum Gasteiger partial charge on any atom is 0.138 e. The molecule has 4 heteroatoms. The van der Waals surface area contributed by atoms with E-state index in [1.165, 1.54) is 0 Å². The zero-order valence-corrected chi connectivity index (χ0v) is 13.4. The molecule has 21 heavy (non-hydrogen) atoms. The van der Waals surface area contributed by atoms with Gasteiger partial charge in [0.1, 0.15) is 12.4 Å². The maximum atomic E-state index is 6.10. The van der Waals surface area contributed by atoms with Crippen molar-refractivity contribution in [1.82, 2.24) is 10.3 Å². The zero-order valence-electron chi connectivity index (χ0n) is 12.7. The van der Waals surface area contributed by atoms with Crippen LogP contribution in [-0.2, 0) is 13.2 Å². The lowest BCUT2D eigenvalue weighted by Gasteiger charge is -2.20. The number of pyridine rings is 1. The molecule has 0 amide bonds. The van der Waals surface area contributed by atoms with Crippen molar-refractivity contribution in [2.24, 2.45) is 0 Å². The van der Waals surface area contributed by atoms with Crippen molar-refractivity contribution in [3.05, 3.63) is 58.9 Å². The Labute approximate surface area is 131 Å². The van der Waals surface area contributed by atoms with E-state index in [0.717, 1.165) is 28.6 Å². The molecule has 0 radical (unpaired) electrons. The Kier molecular flexibility index (Phi) is 5.21. The quantitative estimate of drug-likeness (QED) is 0.899. The highest BCUT2D eigenvalue weighted by molar-refractivity contribution is 6.31. The lowest BCUT2D eigenvalue weighted by atomic mass is 10.1. The fourth-order valence-electron chi connectivity index (χ4n) is 1.73. The molecular weight excluding hydrogens is 284 g/mol. The van der Waals surface area contributed by atoms with Crippen LogP contribution < -0.4 is 10.1 Å². The van der Waals surface area contributed by atoms with Crippen LogP contribution in [0.2, 0.25) is 5.02 Å². The highest BCUT2D eigenvalue weighted by atomic mass is 35.5. The van der Waals surface area contributed by atoms with Crippen molar-refractivity contribution in [3.8, 4) is 5.75 Å². The van der Waals surface area contributed by atoms with Gasteiger partial charge in [0.15, 0.2) is 0 Å². The lowest BCUT2D eigenvalue weighted by Crippen LogP contribution is -2.35. The first-order chi connectivity index (χ1) is 9.94. The maximum absolute atomic E-state index is 6.10. The molecule has 0 fully saturated rings. The Hall–Kier alpha value is -1.58. The minimum absolute atomic E-state index is 0.0842. The van der Waals surface area contributed by atoms with Gasteiger partial charge in [-0.25, -0.2) is 0 Å². The van der Waals surface area contributed by atoms with Crippen molar-refractivity contribution in [2.45, 2.75) is 39.5 Å². The van der Waals surface area contributed by atoms with Crippen LogP contribution in [0, 0.1) is 0 Å². The van der Waals surface area contributed by atoms with Gasteiger partial charge in [-0.3, -0.25) is 4.98 Å². The van der Waals surface area contributed by atoms with Crippen LogP contribution in [0.5, 0.6) is 5.75 Å². The molecule has 0 spiro atoms. The summed E-state index contributed by atoms with van der Waals surface area (Å²) in [5, 5.41) is 4.12. The van der Waals surface area contributed by atoms with E-state index >= 15 is 0 Å². The molecule has 0 unspecified atom stereocenters. The molecule has 1 N–H and O–H groups in total. The SMILES string of the molecule is CC(C)(C)NCc1ccc(OCc2ccccc2Cl)cn1. The Balaban J connectivity index is 1.89. The number of hydrogen-bond donors (Lipinski definition) is 1. The molecule has 2 rings (SSSR count). The van der Waals surface area contributed by atoms with E-state index in [1.807, 2.05) is 36.4 Å². The molecule has 112 valence electrons. The number of aromatic nitrogens is 1. The largest absolute Gasteiger partial charge is 0.487 e. The van der Waals surface area contributed by atoms with Crippen LogP contribution in [-0.4, -0.2) is 10.5 Å². The van der Waals surface area contributed by atoms with Crippen molar-refractivity contribution in [2.75, 3.05) is 0 Å². The van der Waals surface area contributed by atoms with E-state index < -0.39 is 0 Å². The molecule has 0 aliphatic heterocycles. The molecule has 0 aliphatic rings. The topological polar surface area (TPSA) is 34.1 Å². The second-order valence-corrected chi connectivity index (χ2v) is 6.38. The van der Waals surface area contributed by atoms with Crippen LogP contribution in [0.4, 0.5) is 0 Å². The Bertz CT molecular complexity index is 576. The third-order valence-corrected chi connectivity index (χ3v) is 3.32. The average Bonchev–Trinajstić information content (AvgIpc) is 2.45. The lowest BCUT2D eigenvalue weighted by molar-refractivity contribution is 0.304. The molecule has 0 saturated carbocycles. The smallest absolute Gasteiger partial charge is 0.138 e. The minimum Gasteiger partial charge on any atom is -0.487 e. The highest BCUT2D eigenvalue weighted by Gasteiger charge is 2.08. The number of nitrogens with one attached hydrogen (secondary N) is 1. The Morgan fingerprint density at radius 2 is 1.90 bits per heavy atom. The van der Waals surface area contributed by atoms with Crippen LogP contribution in [0.1, 0.15) is 32.0 Å². The monoisotopic (exact) mass is 304 g/mol. The zero-order chi connectivity index (χ0) is 15.3. The fraction of sp³-hybridized carbons (Fsp3) is 0.353. The summed E-state index contributed by atoms with van der Waals surface area (Å²) in [6, 6.07) is 11.6. The van der Waals surface area contributed by atoms with Gasteiger partial charge in [-0.1, -0.05) is 29.8 Å². The summed E-state index contributed by atoms with van der Waals surface area (Å²) >= 11 is 6.10. The van der Waals surface area contributed by atoms with Gasteiger partial charge >= 0.3 is 0 Å². The second-order valence-electron chi connectivity index (χ2n) is 5.97. The number of benzene rings is 1. The predicted molar refractivity (Wildman–Crippen MR) is 86.6 cm³/mol. The third-order valence-electron chi connectivity index (χ3n) is 2.95. The third kappa shape index (κ3) is 5.37. The fourth-order valence-corrected chi connectivity index (χ4v) is 1.92. The summed E-state index contributed by atoms with van der Waals surface area (Å²) in [5.41, 5.74) is 2.05. The van der Waals surface area contributed by atoms with Gasteiger partial charge in [-0.2, -0.15) is 0 Å². The molecule has 0 bridgehead atoms. The van der Waals surface area contributed by atoms with Crippen LogP contribution in [0.3, 0.4) is 0 Å². The van der Waals surface area contributed by atoms with Gasteiger partial charge in [-0.15, -0.1) is 0 Å². The molecular formula is C17H21ClN2O. The molecule has 1 aromatic heterocycles. The standard InChI is InChI=1S/C17H21ClN2O/c1-17(2,3)20-10-14-8-9-15(11-19-14)21-12-13-6-4-5-7-16(13)18/h4-9,11,20H,10,12H2,1-3H3. The van der Waals surface area contributed by atoms with Crippen molar-refractivity contribution < 1.29 is 4.74 Å². The first-order valence-electron chi connectivity index (χ1n) is 7.00. The Morgan fingerprint density at radius 1 is 1.14 bits per heavy atom. The van der Waals surface area contributed by atoms with Crippen molar-refractivity contribution in [3.63, 3.8) is 0 Å². The number of nitrogens with zero attached hydrogens (tertiary/aromatic N) is 1. The summed E-state index contributed by atoms with van der Waals surface area (Å²) < 4.78 is 5.71. The van der Waals surface area contributed by atoms with E-state index in [1.54, 1.807) is 6.20 Å². The number of ether oxygens (including phenoxy) is 1. The number of rotatable bonds is 5.